The number of amides is 1. The number of hydrogen-bond acceptors (Lipinski definition) is 2. The van der Waals surface area contributed by atoms with Gasteiger partial charge in [0.1, 0.15) is 6.04 Å². The molecule has 1 aromatic rings. The van der Waals surface area contributed by atoms with E-state index in [2.05, 4.69) is 62.0 Å². The zero-order valence-electron chi connectivity index (χ0n) is 19.3. The second-order valence-electron chi connectivity index (χ2n) is 9.37. The quantitative estimate of drug-likeness (QED) is 0.672. The van der Waals surface area contributed by atoms with Gasteiger partial charge in [0.15, 0.2) is 5.11 Å². The molecule has 164 valence electrons. The first kappa shape index (κ1) is 23.7. The summed E-state index contributed by atoms with van der Waals surface area (Å²) in [6.45, 7) is 16.1. The number of rotatable bonds is 6. The molecule has 2 rings (SSSR count). The first-order valence-electron chi connectivity index (χ1n) is 11.1. The highest BCUT2D eigenvalue weighted by molar-refractivity contribution is 7.80. The van der Waals surface area contributed by atoms with Crippen LogP contribution in [0.5, 0.6) is 0 Å². The Morgan fingerprint density at radius 3 is 2.24 bits per heavy atom. The van der Waals surface area contributed by atoms with Crippen molar-refractivity contribution in [1.82, 2.24) is 20.1 Å². The van der Waals surface area contributed by atoms with Crippen LogP contribution in [0.15, 0.2) is 12.1 Å². The number of carbonyl (C=O) groups excluding carboxylic acids is 1. The molecule has 6 heteroatoms. The first-order chi connectivity index (χ1) is 13.6. The van der Waals surface area contributed by atoms with Crippen molar-refractivity contribution in [3.8, 4) is 0 Å². The average molecular weight is 421 g/mol. The Labute approximate surface area is 182 Å². The molecule has 29 heavy (non-hydrogen) atoms. The molecular weight excluding hydrogens is 380 g/mol. The molecule has 5 nitrogen and oxygen atoms in total. The van der Waals surface area contributed by atoms with Crippen molar-refractivity contribution >= 4 is 23.2 Å². The van der Waals surface area contributed by atoms with E-state index >= 15 is 0 Å². The largest absolute Gasteiger partial charge is 0.358 e. The molecule has 1 fully saturated rings. The van der Waals surface area contributed by atoms with Gasteiger partial charge in [0, 0.05) is 30.5 Å². The second-order valence-corrected chi connectivity index (χ2v) is 9.78. The SMILES string of the molecule is CCN(CC)C(=O)[C@@H](NC(=S)NC1CCCC[C@H]1n1c(C)ccc1C)C(C)(C)C. The van der Waals surface area contributed by atoms with Crippen LogP contribution in [-0.2, 0) is 4.79 Å². The summed E-state index contributed by atoms with van der Waals surface area (Å²) < 4.78 is 2.45. The molecule has 0 spiro atoms. The van der Waals surface area contributed by atoms with Gasteiger partial charge in [-0.05, 0) is 70.3 Å². The number of thiocarbonyl (C=S) groups is 1. The molecule has 1 amide bonds. The van der Waals surface area contributed by atoms with Crippen LogP contribution in [0.2, 0.25) is 0 Å². The zero-order chi connectivity index (χ0) is 21.8. The maximum Gasteiger partial charge on any atom is 0.245 e. The molecule has 1 aliphatic rings. The maximum atomic E-state index is 13.1. The minimum absolute atomic E-state index is 0.115. The summed E-state index contributed by atoms with van der Waals surface area (Å²) in [5.74, 6) is 0.115. The summed E-state index contributed by atoms with van der Waals surface area (Å²) in [4.78, 5) is 15.0. The molecule has 0 saturated heterocycles. The third kappa shape index (κ3) is 5.74. The lowest BCUT2D eigenvalue weighted by molar-refractivity contribution is -0.135. The molecule has 0 radical (unpaired) electrons. The van der Waals surface area contributed by atoms with E-state index in [1.54, 1.807) is 0 Å². The monoisotopic (exact) mass is 420 g/mol. The number of aryl methyl sites for hydroxylation is 2. The molecule has 1 heterocycles. The Hall–Kier alpha value is -1.56. The number of carbonyl (C=O) groups is 1. The highest BCUT2D eigenvalue weighted by Crippen LogP contribution is 2.31. The summed E-state index contributed by atoms with van der Waals surface area (Å²) in [5, 5.41) is 7.53. The fraction of sp³-hybridized carbons (Fsp3) is 0.739. The Morgan fingerprint density at radius 1 is 1.17 bits per heavy atom. The standard InChI is InChI=1S/C23H40N4OS/c1-8-26(9-2)21(28)20(23(5,6)7)25-22(29)24-18-12-10-11-13-19(18)27-16(3)14-15-17(27)4/h14-15,18-20H,8-13H2,1-7H3,(H2,24,25,29)/t18?,19-,20-/m1/s1. The van der Waals surface area contributed by atoms with Gasteiger partial charge in [-0.25, -0.2) is 0 Å². The Balaban J connectivity index is 2.14. The second kappa shape index (κ2) is 9.96. The number of likely N-dealkylation sites (N-methyl/N-ethyl adjacent to an activating group) is 1. The lowest BCUT2D eigenvalue weighted by Gasteiger charge is -2.38. The smallest absolute Gasteiger partial charge is 0.245 e. The predicted octanol–water partition coefficient (Wildman–Crippen LogP) is 4.34. The molecule has 1 saturated carbocycles. The topological polar surface area (TPSA) is 49.3 Å². The van der Waals surface area contributed by atoms with Gasteiger partial charge >= 0.3 is 0 Å². The van der Waals surface area contributed by atoms with E-state index in [4.69, 9.17) is 12.2 Å². The van der Waals surface area contributed by atoms with Crippen molar-refractivity contribution in [3.63, 3.8) is 0 Å². The number of aromatic nitrogens is 1. The van der Waals surface area contributed by atoms with Crippen molar-refractivity contribution in [2.24, 2.45) is 5.41 Å². The summed E-state index contributed by atoms with van der Waals surface area (Å²) in [6.07, 6.45) is 4.69. The normalized spacial score (nSPS) is 20.8. The van der Waals surface area contributed by atoms with Crippen LogP contribution in [-0.4, -0.2) is 45.7 Å². The number of hydrogen-bond donors (Lipinski definition) is 2. The lowest BCUT2D eigenvalue weighted by atomic mass is 9.85. The minimum Gasteiger partial charge on any atom is -0.358 e. The minimum atomic E-state index is -0.348. The van der Waals surface area contributed by atoms with Gasteiger partial charge in [-0.1, -0.05) is 33.6 Å². The highest BCUT2D eigenvalue weighted by Gasteiger charge is 2.35. The van der Waals surface area contributed by atoms with Crippen LogP contribution in [0.3, 0.4) is 0 Å². The van der Waals surface area contributed by atoms with Gasteiger partial charge < -0.3 is 20.1 Å². The van der Waals surface area contributed by atoms with Crippen molar-refractivity contribution < 1.29 is 4.79 Å². The van der Waals surface area contributed by atoms with E-state index in [1.807, 2.05) is 18.7 Å². The predicted molar refractivity (Wildman–Crippen MR) is 125 cm³/mol. The third-order valence-corrected chi connectivity index (χ3v) is 6.40. The third-order valence-electron chi connectivity index (χ3n) is 6.17. The molecular formula is C23H40N4OS. The fourth-order valence-electron chi connectivity index (χ4n) is 4.50. The van der Waals surface area contributed by atoms with Crippen LogP contribution >= 0.6 is 12.2 Å². The summed E-state index contributed by atoms with van der Waals surface area (Å²) in [5.41, 5.74) is 2.36. The molecule has 1 unspecified atom stereocenters. The summed E-state index contributed by atoms with van der Waals surface area (Å²) in [6, 6.07) is 4.70. The zero-order valence-corrected chi connectivity index (χ0v) is 20.2. The Kier molecular flexibility index (Phi) is 8.15. The van der Waals surface area contributed by atoms with Gasteiger partial charge in [-0.15, -0.1) is 0 Å². The van der Waals surface area contributed by atoms with E-state index in [-0.39, 0.29) is 23.4 Å². The molecule has 2 N–H and O–H groups in total. The lowest BCUT2D eigenvalue weighted by Crippen LogP contribution is -2.58. The molecule has 0 aromatic carbocycles. The molecule has 1 aliphatic carbocycles. The molecule has 1 aromatic heterocycles. The van der Waals surface area contributed by atoms with Gasteiger partial charge in [0.2, 0.25) is 5.91 Å². The summed E-state index contributed by atoms with van der Waals surface area (Å²) >= 11 is 5.70. The fourth-order valence-corrected chi connectivity index (χ4v) is 4.77. The number of nitrogens with zero attached hydrogens (tertiary/aromatic N) is 2. The van der Waals surface area contributed by atoms with Crippen molar-refractivity contribution in [2.75, 3.05) is 13.1 Å². The van der Waals surface area contributed by atoms with E-state index < -0.39 is 0 Å². The van der Waals surface area contributed by atoms with Crippen LogP contribution in [0, 0.1) is 19.3 Å². The van der Waals surface area contributed by atoms with Crippen LogP contribution in [0.4, 0.5) is 0 Å². The van der Waals surface area contributed by atoms with Gasteiger partial charge in [0.05, 0.1) is 6.04 Å². The van der Waals surface area contributed by atoms with Crippen molar-refractivity contribution in [1.29, 1.82) is 0 Å². The number of nitrogens with one attached hydrogen (secondary N) is 2. The molecule has 0 aliphatic heterocycles. The van der Waals surface area contributed by atoms with E-state index in [1.165, 1.54) is 24.2 Å². The van der Waals surface area contributed by atoms with Gasteiger partial charge in [-0.3, -0.25) is 4.79 Å². The van der Waals surface area contributed by atoms with Crippen LogP contribution < -0.4 is 10.6 Å². The summed E-state index contributed by atoms with van der Waals surface area (Å²) in [7, 11) is 0. The Bertz CT molecular complexity index is 683. The van der Waals surface area contributed by atoms with Crippen LogP contribution in [0.1, 0.15) is 77.7 Å². The van der Waals surface area contributed by atoms with Crippen molar-refractivity contribution in [2.45, 2.75) is 92.3 Å². The average Bonchev–Trinajstić information content (AvgIpc) is 2.98. The molecule has 3 atom stereocenters. The first-order valence-corrected chi connectivity index (χ1v) is 11.5. The van der Waals surface area contributed by atoms with Crippen molar-refractivity contribution in [3.05, 3.63) is 23.5 Å². The van der Waals surface area contributed by atoms with E-state index in [0.29, 0.717) is 24.2 Å². The van der Waals surface area contributed by atoms with Gasteiger partial charge in [0.25, 0.3) is 0 Å². The Morgan fingerprint density at radius 2 is 1.72 bits per heavy atom. The molecule has 0 bridgehead atoms. The highest BCUT2D eigenvalue weighted by atomic mass is 32.1. The van der Waals surface area contributed by atoms with Gasteiger partial charge in [-0.2, -0.15) is 0 Å². The maximum absolute atomic E-state index is 13.1. The van der Waals surface area contributed by atoms with E-state index in [9.17, 15) is 4.79 Å². The van der Waals surface area contributed by atoms with Crippen LogP contribution in [0.25, 0.3) is 0 Å². The van der Waals surface area contributed by atoms with E-state index in [0.717, 1.165) is 12.8 Å².